The van der Waals surface area contributed by atoms with Crippen LogP contribution in [0.15, 0.2) is 24.3 Å². The minimum absolute atomic E-state index is 0.323. The van der Waals surface area contributed by atoms with Gasteiger partial charge in [0.25, 0.3) is 0 Å². The molecular formula is C12H11F3O2. The summed E-state index contributed by atoms with van der Waals surface area (Å²) in [6, 6.07) is 4.65. The van der Waals surface area contributed by atoms with E-state index < -0.39 is 23.6 Å². The van der Waals surface area contributed by atoms with E-state index in [0.717, 1.165) is 12.1 Å². The van der Waals surface area contributed by atoms with Gasteiger partial charge in [-0.25, -0.2) is 0 Å². The third-order valence-corrected chi connectivity index (χ3v) is 2.63. The number of aldehydes is 2. The van der Waals surface area contributed by atoms with Gasteiger partial charge in [0.15, 0.2) is 0 Å². The van der Waals surface area contributed by atoms with Crippen molar-refractivity contribution in [2.45, 2.75) is 19.0 Å². The van der Waals surface area contributed by atoms with E-state index in [2.05, 4.69) is 0 Å². The van der Waals surface area contributed by atoms with Crippen molar-refractivity contribution in [3.8, 4) is 0 Å². The molecule has 0 bridgehead atoms. The first-order valence-corrected chi connectivity index (χ1v) is 4.98. The maximum absolute atomic E-state index is 12.5. The molecule has 1 aromatic carbocycles. The van der Waals surface area contributed by atoms with E-state index in [1.807, 2.05) is 0 Å². The molecule has 1 rings (SSSR count). The summed E-state index contributed by atoms with van der Waals surface area (Å²) in [5, 5.41) is 0. The number of carbonyl (C=O) groups excluding carboxylic acids is 2. The number of hydrogen-bond acceptors (Lipinski definition) is 2. The molecule has 0 heterocycles. The molecule has 2 nitrogen and oxygen atoms in total. The molecule has 0 aliphatic carbocycles. The predicted octanol–water partition coefficient (Wildman–Crippen LogP) is 2.82. The van der Waals surface area contributed by atoms with Crippen LogP contribution in [0, 0.1) is 5.92 Å². The van der Waals surface area contributed by atoms with Crippen LogP contribution in [0.5, 0.6) is 0 Å². The standard InChI is InChI=1S/C12H11F3O2/c1-8(10(6-16)7-17)9-3-2-4-11(5-9)12(13,14)15/h2-8,10H,1H3. The van der Waals surface area contributed by atoms with Gasteiger partial charge in [-0.1, -0.05) is 25.1 Å². The lowest BCUT2D eigenvalue weighted by Crippen LogP contribution is -2.14. The molecule has 0 spiro atoms. The monoisotopic (exact) mass is 244 g/mol. The van der Waals surface area contributed by atoms with E-state index in [9.17, 15) is 22.8 Å². The summed E-state index contributed by atoms with van der Waals surface area (Å²) < 4.78 is 37.4. The highest BCUT2D eigenvalue weighted by Gasteiger charge is 2.31. The van der Waals surface area contributed by atoms with Crippen LogP contribution >= 0.6 is 0 Å². The summed E-state index contributed by atoms with van der Waals surface area (Å²) in [6.07, 6.45) is -3.54. The predicted molar refractivity (Wildman–Crippen MR) is 55.5 cm³/mol. The van der Waals surface area contributed by atoms with Crippen LogP contribution in [0.1, 0.15) is 24.0 Å². The Morgan fingerprint density at radius 2 is 1.76 bits per heavy atom. The molecule has 0 N–H and O–H groups in total. The summed E-state index contributed by atoms with van der Waals surface area (Å²) in [5.41, 5.74) is -0.457. The highest BCUT2D eigenvalue weighted by molar-refractivity contribution is 5.78. The van der Waals surface area contributed by atoms with Gasteiger partial charge >= 0.3 is 6.18 Å². The maximum Gasteiger partial charge on any atom is 0.416 e. The lowest BCUT2D eigenvalue weighted by Gasteiger charge is -2.15. The Kier molecular flexibility index (Phi) is 4.04. The normalized spacial score (nSPS) is 13.5. The molecule has 92 valence electrons. The minimum atomic E-state index is -4.42. The zero-order valence-corrected chi connectivity index (χ0v) is 9.07. The summed E-state index contributed by atoms with van der Waals surface area (Å²) >= 11 is 0. The van der Waals surface area contributed by atoms with E-state index in [0.29, 0.717) is 18.1 Å². The highest BCUT2D eigenvalue weighted by Crippen LogP contribution is 2.32. The summed E-state index contributed by atoms with van der Waals surface area (Å²) in [4.78, 5) is 21.2. The van der Waals surface area contributed by atoms with Gasteiger partial charge in [0.1, 0.15) is 12.6 Å². The summed E-state index contributed by atoms with van der Waals surface area (Å²) in [6.45, 7) is 1.54. The van der Waals surface area contributed by atoms with Crippen LogP contribution < -0.4 is 0 Å². The van der Waals surface area contributed by atoms with Gasteiger partial charge in [-0.15, -0.1) is 0 Å². The van der Waals surface area contributed by atoms with Crippen molar-refractivity contribution in [1.29, 1.82) is 0 Å². The topological polar surface area (TPSA) is 34.1 Å². The van der Waals surface area contributed by atoms with Gasteiger partial charge in [-0.3, -0.25) is 0 Å². The number of rotatable bonds is 4. The van der Waals surface area contributed by atoms with Crippen LogP contribution in [-0.2, 0) is 15.8 Å². The van der Waals surface area contributed by atoms with Crippen molar-refractivity contribution < 1.29 is 22.8 Å². The van der Waals surface area contributed by atoms with Crippen LogP contribution in [0.25, 0.3) is 0 Å². The van der Waals surface area contributed by atoms with Crippen LogP contribution in [0.2, 0.25) is 0 Å². The molecular weight excluding hydrogens is 233 g/mol. The Hall–Kier alpha value is -1.65. The molecule has 1 aromatic rings. The second-order valence-corrected chi connectivity index (χ2v) is 3.76. The number of halogens is 3. The van der Waals surface area contributed by atoms with Gasteiger partial charge in [0, 0.05) is 0 Å². The number of alkyl halides is 3. The van der Waals surface area contributed by atoms with Crippen molar-refractivity contribution in [3.63, 3.8) is 0 Å². The molecule has 0 aliphatic rings. The summed E-state index contributed by atoms with van der Waals surface area (Å²) in [5.74, 6) is -1.48. The maximum atomic E-state index is 12.5. The quantitative estimate of drug-likeness (QED) is 0.603. The zero-order valence-electron chi connectivity index (χ0n) is 9.07. The fourth-order valence-corrected chi connectivity index (χ4v) is 1.49. The number of benzene rings is 1. The smallest absolute Gasteiger partial charge is 0.303 e. The first kappa shape index (κ1) is 13.4. The van der Waals surface area contributed by atoms with E-state index in [1.54, 1.807) is 6.92 Å². The van der Waals surface area contributed by atoms with Gasteiger partial charge in [0.05, 0.1) is 11.5 Å². The summed E-state index contributed by atoms with van der Waals surface area (Å²) in [7, 11) is 0. The van der Waals surface area contributed by atoms with E-state index in [1.165, 1.54) is 12.1 Å². The number of hydrogen-bond donors (Lipinski definition) is 0. The first-order valence-electron chi connectivity index (χ1n) is 4.98. The van der Waals surface area contributed by atoms with Crippen LogP contribution in [-0.4, -0.2) is 12.6 Å². The Bertz CT molecular complexity index is 404. The van der Waals surface area contributed by atoms with Crippen molar-refractivity contribution in [1.82, 2.24) is 0 Å². The van der Waals surface area contributed by atoms with E-state index in [4.69, 9.17) is 0 Å². The molecule has 0 aromatic heterocycles. The molecule has 0 fully saturated rings. The Labute approximate surface area is 96.4 Å². The molecule has 0 aliphatic heterocycles. The molecule has 1 atom stereocenters. The Morgan fingerprint density at radius 1 is 1.18 bits per heavy atom. The van der Waals surface area contributed by atoms with Crippen LogP contribution in [0.4, 0.5) is 13.2 Å². The van der Waals surface area contributed by atoms with Gasteiger partial charge in [-0.2, -0.15) is 13.2 Å². The second-order valence-electron chi connectivity index (χ2n) is 3.76. The van der Waals surface area contributed by atoms with Crippen LogP contribution in [0.3, 0.4) is 0 Å². The molecule has 0 saturated heterocycles. The van der Waals surface area contributed by atoms with Gasteiger partial charge in [0.2, 0.25) is 0 Å². The lowest BCUT2D eigenvalue weighted by atomic mass is 9.89. The zero-order chi connectivity index (χ0) is 13.1. The van der Waals surface area contributed by atoms with Crippen molar-refractivity contribution in [2.24, 2.45) is 5.92 Å². The first-order chi connectivity index (χ1) is 7.90. The largest absolute Gasteiger partial charge is 0.416 e. The minimum Gasteiger partial charge on any atom is -0.303 e. The fourth-order valence-electron chi connectivity index (χ4n) is 1.49. The van der Waals surface area contributed by atoms with Crippen molar-refractivity contribution in [3.05, 3.63) is 35.4 Å². The SMILES string of the molecule is CC(c1cccc(C(F)(F)F)c1)C(C=O)C=O. The van der Waals surface area contributed by atoms with E-state index >= 15 is 0 Å². The fraction of sp³-hybridized carbons (Fsp3) is 0.333. The molecule has 1 unspecified atom stereocenters. The molecule has 0 radical (unpaired) electrons. The third kappa shape index (κ3) is 3.15. The molecule has 0 saturated carbocycles. The van der Waals surface area contributed by atoms with Gasteiger partial charge in [-0.05, 0) is 17.5 Å². The lowest BCUT2D eigenvalue weighted by molar-refractivity contribution is -0.137. The molecule has 5 heteroatoms. The van der Waals surface area contributed by atoms with Gasteiger partial charge < -0.3 is 9.59 Å². The second kappa shape index (κ2) is 5.12. The average Bonchev–Trinajstić information content (AvgIpc) is 2.29. The Balaban J connectivity index is 3.07. The van der Waals surface area contributed by atoms with Crippen molar-refractivity contribution >= 4 is 12.6 Å². The highest BCUT2D eigenvalue weighted by atomic mass is 19.4. The van der Waals surface area contributed by atoms with E-state index in [-0.39, 0.29) is 0 Å². The molecule has 17 heavy (non-hydrogen) atoms. The Morgan fingerprint density at radius 3 is 2.24 bits per heavy atom. The third-order valence-electron chi connectivity index (χ3n) is 2.63. The average molecular weight is 244 g/mol. The number of carbonyl (C=O) groups is 2. The molecule has 0 amide bonds. The van der Waals surface area contributed by atoms with Crippen molar-refractivity contribution in [2.75, 3.05) is 0 Å².